The summed E-state index contributed by atoms with van der Waals surface area (Å²) >= 11 is 6.80. The quantitative estimate of drug-likeness (QED) is 0.668. The number of carbonyl (C=O) groups excluding carboxylic acids is 1. The van der Waals surface area contributed by atoms with Gasteiger partial charge in [0.05, 0.1) is 5.41 Å². The van der Waals surface area contributed by atoms with Crippen LogP contribution >= 0.6 is 11.6 Å². The zero-order chi connectivity index (χ0) is 12.4. The third-order valence-corrected chi connectivity index (χ3v) is 6.28. The van der Waals surface area contributed by atoms with Gasteiger partial charge in [0.25, 0.3) is 0 Å². The Morgan fingerprint density at radius 3 is 2.22 bits per heavy atom. The third-order valence-electron chi connectivity index (χ3n) is 5.84. The van der Waals surface area contributed by atoms with Crippen molar-refractivity contribution >= 4 is 17.5 Å². The van der Waals surface area contributed by atoms with E-state index >= 15 is 0 Å². The smallest absolute Gasteiger partial charge is 0.228 e. The molecule has 4 atom stereocenters. The van der Waals surface area contributed by atoms with Crippen molar-refractivity contribution in [1.82, 2.24) is 4.90 Å². The van der Waals surface area contributed by atoms with Crippen molar-refractivity contribution in [1.29, 1.82) is 0 Å². The van der Waals surface area contributed by atoms with Crippen molar-refractivity contribution in [2.24, 2.45) is 17.3 Å². The first-order valence-corrected chi connectivity index (χ1v) is 7.95. The van der Waals surface area contributed by atoms with Crippen molar-refractivity contribution in [3.8, 4) is 0 Å². The minimum Gasteiger partial charge on any atom is -0.342 e. The number of amides is 1. The fraction of sp³-hybridized carbons (Fsp3) is 0.933. The molecular formula is C15H22ClNO. The molecule has 0 aromatic carbocycles. The van der Waals surface area contributed by atoms with Gasteiger partial charge in [0.1, 0.15) is 0 Å². The summed E-state index contributed by atoms with van der Waals surface area (Å²) in [5.74, 6) is 1.92. The van der Waals surface area contributed by atoms with E-state index in [9.17, 15) is 4.79 Å². The van der Waals surface area contributed by atoms with Gasteiger partial charge in [-0.3, -0.25) is 4.79 Å². The molecule has 0 spiro atoms. The number of hydrogen-bond donors (Lipinski definition) is 0. The van der Waals surface area contributed by atoms with E-state index in [0.29, 0.717) is 5.91 Å². The highest BCUT2D eigenvalue weighted by Crippen LogP contribution is 2.64. The Morgan fingerprint density at radius 1 is 1.06 bits per heavy atom. The average molecular weight is 268 g/mol. The van der Waals surface area contributed by atoms with E-state index in [1.807, 2.05) is 0 Å². The van der Waals surface area contributed by atoms with Crippen LogP contribution in [-0.4, -0.2) is 28.8 Å². The molecule has 1 amide bonds. The third kappa shape index (κ3) is 1.57. The van der Waals surface area contributed by atoms with Gasteiger partial charge in [0.15, 0.2) is 0 Å². The standard InChI is InChI=1S/C15H22ClNO/c16-15-8-11-5-12(9-15)7-14(6-11,10-15)13(18)17-3-1-2-4-17/h11-12H,1-10H2/t11-,12+,14?,15?. The Balaban J connectivity index is 1.64. The minimum atomic E-state index is -0.0594. The lowest BCUT2D eigenvalue weighted by atomic mass is 9.49. The van der Waals surface area contributed by atoms with E-state index in [0.717, 1.165) is 44.2 Å². The van der Waals surface area contributed by atoms with Crippen LogP contribution in [0.3, 0.4) is 0 Å². The molecular weight excluding hydrogens is 246 g/mol. The lowest BCUT2D eigenvalue weighted by Crippen LogP contribution is -2.58. The molecule has 0 radical (unpaired) electrons. The monoisotopic (exact) mass is 267 g/mol. The second kappa shape index (κ2) is 3.65. The van der Waals surface area contributed by atoms with Gasteiger partial charge >= 0.3 is 0 Å². The molecule has 0 N–H and O–H groups in total. The first-order valence-electron chi connectivity index (χ1n) is 7.57. The van der Waals surface area contributed by atoms with Crippen molar-refractivity contribution in [3.05, 3.63) is 0 Å². The van der Waals surface area contributed by atoms with E-state index in [2.05, 4.69) is 4.90 Å². The molecule has 4 bridgehead atoms. The Bertz CT molecular complexity index is 374. The number of alkyl halides is 1. The lowest BCUT2D eigenvalue weighted by molar-refractivity contribution is -0.154. The molecule has 2 nitrogen and oxygen atoms in total. The first-order chi connectivity index (χ1) is 8.59. The van der Waals surface area contributed by atoms with Crippen molar-refractivity contribution in [3.63, 3.8) is 0 Å². The molecule has 3 heteroatoms. The normalized spacial score (nSPS) is 49.9. The predicted molar refractivity (Wildman–Crippen MR) is 71.5 cm³/mol. The second-order valence-corrected chi connectivity index (χ2v) is 8.19. The summed E-state index contributed by atoms with van der Waals surface area (Å²) in [7, 11) is 0. The second-order valence-electron chi connectivity index (χ2n) is 7.39. The van der Waals surface area contributed by atoms with Crippen molar-refractivity contribution < 1.29 is 4.79 Å². The van der Waals surface area contributed by atoms with E-state index in [4.69, 9.17) is 11.6 Å². The average Bonchev–Trinajstić information content (AvgIpc) is 2.77. The summed E-state index contributed by atoms with van der Waals surface area (Å²) in [4.78, 5) is 15.0. The van der Waals surface area contributed by atoms with Crippen LogP contribution in [-0.2, 0) is 4.79 Å². The number of likely N-dealkylation sites (tertiary alicyclic amines) is 1. The maximum atomic E-state index is 12.9. The summed E-state index contributed by atoms with van der Waals surface area (Å²) in [6.07, 6.45) is 9.29. The Labute approximate surface area is 114 Å². The van der Waals surface area contributed by atoms with Gasteiger partial charge in [-0.05, 0) is 63.2 Å². The van der Waals surface area contributed by atoms with Gasteiger partial charge in [-0.15, -0.1) is 11.6 Å². The van der Waals surface area contributed by atoms with Crippen LogP contribution in [0.4, 0.5) is 0 Å². The molecule has 0 aromatic rings. The molecule has 5 rings (SSSR count). The fourth-order valence-electron chi connectivity index (χ4n) is 5.66. The number of rotatable bonds is 1. The molecule has 1 aliphatic heterocycles. The van der Waals surface area contributed by atoms with E-state index in [1.54, 1.807) is 0 Å². The van der Waals surface area contributed by atoms with Crippen molar-refractivity contribution in [2.45, 2.75) is 56.2 Å². The van der Waals surface area contributed by atoms with Crippen LogP contribution in [0.25, 0.3) is 0 Å². The summed E-state index contributed by atoms with van der Waals surface area (Å²) in [6.45, 7) is 1.98. The van der Waals surface area contributed by atoms with Crippen LogP contribution in [0, 0.1) is 17.3 Å². The highest BCUT2D eigenvalue weighted by molar-refractivity contribution is 6.24. The molecule has 1 heterocycles. The van der Waals surface area contributed by atoms with Gasteiger partial charge < -0.3 is 4.90 Å². The number of nitrogens with zero attached hydrogens (tertiary/aromatic N) is 1. The molecule has 4 saturated carbocycles. The van der Waals surface area contributed by atoms with Gasteiger partial charge in [0, 0.05) is 18.0 Å². The fourth-order valence-corrected chi connectivity index (χ4v) is 6.35. The Kier molecular flexibility index (Phi) is 2.35. The van der Waals surface area contributed by atoms with Crippen LogP contribution in [0.5, 0.6) is 0 Å². The molecule has 100 valence electrons. The van der Waals surface area contributed by atoms with Gasteiger partial charge in [-0.25, -0.2) is 0 Å². The zero-order valence-electron chi connectivity index (χ0n) is 11.0. The van der Waals surface area contributed by atoms with E-state index in [1.165, 1.54) is 32.1 Å². The lowest BCUT2D eigenvalue weighted by Gasteiger charge is -2.59. The highest BCUT2D eigenvalue weighted by atomic mass is 35.5. The van der Waals surface area contributed by atoms with Crippen LogP contribution < -0.4 is 0 Å². The van der Waals surface area contributed by atoms with Gasteiger partial charge in [0.2, 0.25) is 5.91 Å². The largest absolute Gasteiger partial charge is 0.342 e. The summed E-state index contributed by atoms with van der Waals surface area (Å²) in [6, 6.07) is 0. The van der Waals surface area contributed by atoms with Crippen LogP contribution in [0.15, 0.2) is 0 Å². The number of halogens is 1. The molecule has 0 aromatic heterocycles. The van der Waals surface area contributed by atoms with Gasteiger partial charge in [-0.1, -0.05) is 0 Å². The number of carbonyl (C=O) groups is 1. The molecule has 4 aliphatic carbocycles. The summed E-state index contributed by atoms with van der Waals surface area (Å²) < 4.78 is 0. The molecule has 1 saturated heterocycles. The number of hydrogen-bond acceptors (Lipinski definition) is 1. The predicted octanol–water partition coefficient (Wildman–Crippen LogP) is 3.19. The molecule has 5 fully saturated rings. The highest BCUT2D eigenvalue weighted by Gasteiger charge is 2.60. The first kappa shape index (κ1) is 11.6. The molecule has 2 unspecified atom stereocenters. The zero-order valence-corrected chi connectivity index (χ0v) is 11.7. The SMILES string of the molecule is O=C(N1CCCC1)C12C[C@@H]3C[C@@H](CC(Cl)(C3)C1)C2. The minimum absolute atomic E-state index is 0.0283. The molecule has 18 heavy (non-hydrogen) atoms. The molecule has 5 aliphatic rings. The Hall–Kier alpha value is -0.240. The van der Waals surface area contributed by atoms with Crippen LogP contribution in [0.1, 0.15) is 51.4 Å². The van der Waals surface area contributed by atoms with Crippen LogP contribution in [0.2, 0.25) is 0 Å². The van der Waals surface area contributed by atoms with E-state index < -0.39 is 0 Å². The summed E-state index contributed by atoms with van der Waals surface area (Å²) in [5, 5.41) is 0. The van der Waals surface area contributed by atoms with Crippen molar-refractivity contribution in [2.75, 3.05) is 13.1 Å². The topological polar surface area (TPSA) is 20.3 Å². The maximum Gasteiger partial charge on any atom is 0.228 e. The van der Waals surface area contributed by atoms with Gasteiger partial charge in [-0.2, -0.15) is 0 Å². The van der Waals surface area contributed by atoms with E-state index in [-0.39, 0.29) is 10.3 Å². The maximum absolute atomic E-state index is 12.9. The summed E-state index contributed by atoms with van der Waals surface area (Å²) in [5.41, 5.74) is -0.0594. The Morgan fingerprint density at radius 2 is 1.67 bits per heavy atom.